The number of aromatic amines is 1. The summed E-state index contributed by atoms with van der Waals surface area (Å²) in [5, 5.41) is 4.41. The lowest BCUT2D eigenvalue weighted by Gasteiger charge is -2.11. The van der Waals surface area contributed by atoms with Crippen molar-refractivity contribution in [2.45, 2.75) is 5.75 Å². The Balaban J connectivity index is 1.59. The molecule has 0 saturated carbocycles. The molecule has 0 saturated heterocycles. The van der Waals surface area contributed by atoms with Gasteiger partial charge in [-0.1, -0.05) is 42.5 Å². The molecule has 7 heteroatoms. The molecule has 32 heavy (non-hydrogen) atoms. The number of H-pyrrole nitrogens is 1. The second kappa shape index (κ2) is 8.51. The van der Waals surface area contributed by atoms with E-state index in [4.69, 9.17) is 0 Å². The maximum absolute atomic E-state index is 12.1. The quantitative estimate of drug-likeness (QED) is 0.444. The number of hydrogen-bond acceptors (Lipinski definition) is 4. The average Bonchev–Trinajstić information content (AvgIpc) is 3.15. The highest BCUT2D eigenvalue weighted by atomic mass is 32.2. The van der Waals surface area contributed by atoms with E-state index < -0.39 is 9.84 Å². The molecule has 0 aliphatic carbocycles. The molecular formula is C25H25N3O3S. The van der Waals surface area contributed by atoms with Gasteiger partial charge < -0.3 is 15.2 Å². The summed E-state index contributed by atoms with van der Waals surface area (Å²) in [5.41, 5.74) is 5.32. The smallest absolute Gasteiger partial charge is 0.253 e. The first-order valence-electron chi connectivity index (χ1n) is 10.2. The Hall–Kier alpha value is -3.58. The van der Waals surface area contributed by atoms with Crippen molar-refractivity contribution in [2.24, 2.45) is 0 Å². The van der Waals surface area contributed by atoms with Crippen LogP contribution >= 0.6 is 0 Å². The molecule has 1 aromatic heterocycles. The maximum Gasteiger partial charge on any atom is 0.253 e. The Bertz CT molecular complexity index is 1370. The number of benzene rings is 3. The normalized spacial score (nSPS) is 11.5. The lowest BCUT2D eigenvalue weighted by molar-refractivity contribution is 0.0827. The van der Waals surface area contributed by atoms with Crippen LogP contribution in [0.3, 0.4) is 0 Å². The number of carbonyl (C=O) groups excluding carboxylic acids is 1. The van der Waals surface area contributed by atoms with Crippen LogP contribution in [-0.2, 0) is 15.6 Å². The molecular weight excluding hydrogens is 422 g/mol. The summed E-state index contributed by atoms with van der Waals surface area (Å²) >= 11 is 0. The fourth-order valence-corrected chi connectivity index (χ4v) is 4.46. The Morgan fingerprint density at radius 1 is 0.969 bits per heavy atom. The molecule has 164 valence electrons. The van der Waals surface area contributed by atoms with Crippen molar-refractivity contribution in [2.75, 3.05) is 25.7 Å². The van der Waals surface area contributed by atoms with Crippen molar-refractivity contribution >= 4 is 38.2 Å². The van der Waals surface area contributed by atoms with Gasteiger partial charge in [-0.25, -0.2) is 8.42 Å². The summed E-state index contributed by atoms with van der Waals surface area (Å²) in [7, 11) is 0.401. The summed E-state index contributed by atoms with van der Waals surface area (Å²) in [4.78, 5) is 17.1. The van der Waals surface area contributed by atoms with Crippen LogP contribution in [0.2, 0.25) is 0 Å². The summed E-state index contributed by atoms with van der Waals surface area (Å²) < 4.78 is 23.1. The lowest BCUT2D eigenvalue weighted by atomic mass is 10.0. The number of rotatable bonds is 6. The molecule has 0 fully saturated rings. The molecule has 0 aliphatic heterocycles. The fourth-order valence-electron chi connectivity index (χ4n) is 3.66. The van der Waals surface area contributed by atoms with Crippen LogP contribution in [0.5, 0.6) is 0 Å². The van der Waals surface area contributed by atoms with E-state index >= 15 is 0 Å². The van der Waals surface area contributed by atoms with Crippen molar-refractivity contribution in [3.63, 3.8) is 0 Å². The van der Waals surface area contributed by atoms with Crippen molar-refractivity contribution in [3.05, 3.63) is 83.9 Å². The van der Waals surface area contributed by atoms with Gasteiger partial charge in [0.2, 0.25) is 0 Å². The van der Waals surface area contributed by atoms with Crippen molar-refractivity contribution in [3.8, 4) is 11.1 Å². The molecule has 4 rings (SSSR count). The van der Waals surface area contributed by atoms with Crippen LogP contribution in [0.1, 0.15) is 15.9 Å². The van der Waals surface area contributed by atoms with Gasteiger partial charge in [-0.15, -0.1) is 0 Å². The largest absolute Gasteiger partial charge is 0.345 e. The van der Waals surface area contributed by atoms with Gasteiger partial charge in [0.05, 0.1) is 11.3 Å². The summed E-state index contributed by atoms with van der Waals surface area (Å²) in [6.07, 6.45) is 1.24. The van der Waals surface area contributed by atoms with E-state index in [0.29, 0.717) is 5.56 Å². The van der Waals surface area contributed by atoms with E-state index in [9.17, 15) is 13.2 Å². The average molecular weight is 448 g/mol. The van der Waals surface area contributed by atoms with E-state index in [-0.39, 0.29) is 11.7 Å². The third-order valence-electron chi connectivity index (χ3n) is 5.17. The van der Waals surface area contributed by atoms with Gasteiger partial charge in [0, 0.05) is 42.6 Å². The van der Waals surface area contributed by atoms with Gasteiger partial charge >= 0.3 is 0 Å². The minimum absolute atomic E-state index is 0.0330. The lowest BCUT2D eigenvalue weighted by Crippen LogP contribution is -2.21. The minimum Gasteiger partial charge on any atom is -0.345 e. The first-order valence-corrected chi connectivity index (χ1v) is 12.2. The van der Waals surface area contributed by atoms with Crippen LogP contribution in [0.25, 0.3) is 22.0 Å². The number of hydrogen-bond donors (Lipinski definition) is 2. The zero-order valence-corrected chi connectivity index (χ0v) is 19.0. The molecule has 6 nitrogen and oxygen atoms in total. The molecule has 3 aromatic carbocycles. The van der Waals surface area contributed by atoms with Crippen LogP contribution in [0, 0.1) is 0 Å². The van der Waals surface area contributed by atoms with Gasteiger partial charge in [0.1, 0.15) is 5.82 Å². The zero-order chi connectivity index (χ0) is 22.9. The molecule has 0 atom stereocenters. The molecule has 2 N–H and O–H groups in total. The summed E-state index contributed by atoms with van der Waals surface area (Å²) in [5.74, 6) is 0.842. The Morgan fingerprint density at radius 3 is 2.28 bits per heavy atom. The van der Waals surface area contributed by atoms with Gasteiger partial charge in [-0.3, -0.25) is 4.79 Å². The number of aromatic nitrogens is 1. The molecule has 0 spiro atoms. The summed E-state index contributed by atoms with van der Waals surface area (Å²) in [6, 6.07) is 23.1. The monoisotopic (exact) mass is 447 g/mol. The van der Waals surface area contributed by atoms with Gasteiger partial charge in [-0.2, -0.15) is 0 Å². The van der Waals surface area contributed by atoms with Crippen molar-refractivity contribution in [1.29, 1.82) is 0 Å². The number of nitrogens with one attached hydrogen (secondary N) is 2. The predicted octanol–water partition coefficient (Wildman–Crippen LogP) is 4.82. The van der Waals surface area contributed by atoms with E-state index in [2.05, 4.69) is 10.3 Å². The highest BCUT2D eigenvalue weighted by Gasteiger charge is 2.10. The van der Waals surface area contributed by atoms with E-state index in [1.165, 1.54) is 6.26 Å². The zero-order valence-electron chi connectivity index (χ0n) is 18.2. The Morgan fingerprint density at radius 2 is 1.66 bits per heavy atom. The van der Waals surface area contributed by atoms with E-state index in [1.807, 2.05) is 60.7 Å². The second-order valence-electron chi connectivity index (χ2n) is 8.12. The number of para-hydroxylation sites is 1. The molecule has 0 unspecified atom stereocenters. The van der Waals surface area contributed by atoms with E-state index in [0.717, 1.165) is 39.1 Å². The summed E-state index contributed by atoms with van der Waals surface area (Å²) in [6.45, 7) is 0. The SMILES string of the molecule is CN(C)C(=O)c1ccc(Nc2cc3cccc(-c4ccc(CS(C)(=O)=O)cc4)c3[nH]2)cc1. The highest BCUT2D eigenvalue weighted by molar-refractivity contribution is 7.89. The van der Waals surface area contributed by atoms with Crippen molar-refractivity contribution < 1.29 is 13.2 Å². The van der Waals surface area contributed by atoms with Crippen LogP contribution < -0.4 is 5.32 Å². The molecule has 0 radical (unpaired) electrons. The Labute approximate surface area is 187 Å². The van der Waals surface area contributed by atoms with Crippen LogP contribution in [0.15, 0.2) is 72.8 Å². The first-order chi connectivity index (χ1) is 15.2. The number of nitrogens with zero attached hydrogens (tertiary/aromatic N) is 1. The standard InChI is InChI=1S/C25H25N3O3S/c1-28(2)25(29)19-11-13-21(14-12-19)26-23-15-20-5-4-6-22(24(20)27-23)18-9-7-17(8-10-18)16-32(3,30)31/h4-15,26-27H,16H2,1-3H3. The van der Waals surface area contributed by atoms with Gasteiger partial charge in [-0.05, 0) is 41.5 Å². The number of fused-ring (bicyclic) bond motifs is 1. The highest BCUT2D eigenvalue weighted by Crippen LogP contribution is 2.31. The van der Waals surface area contributed by atoms with E-state index in [1.54, 1.807) is 31.1 Å². The number of carbonyl (C=O) groups is 1. The van der Waals surface area contributed by atoms with Gasteiger partial charge in [0.25, 0.3) is 5.91 Å². The molecule has 4 aromatic rings. The predicted molar refractivity (Wildman–Crippen MR) is 130 cm³/mol. The third kappa shape index (κ3) is 4.84. The topological polar surface area (TPSA) is 82.3 Å². The minimum atomic E-state index is -3.06. The first kappa shape index (κ1) is 21.6. The maximum atomic E-state index is 12.1. The number of sulfone groups is 1. The fraction of sp³-hybridized carbons (Fsp3) is 0.160. The Kier molecular flexibility index (Phi) is 5.76. The molecule has 0 aliphatic rings. The molecule has 1 heterocycles. The van der Waals surface area contributed by atoms with Gasteiger partial charge in [0.15, 0.2) is 9.84 Å². The molecule has 0 bridgehead atoms. The van der Waals surface area contributed by atoms with Crippen LogP contribution in [0.4, 0.5) is 11.5 Å². The van der Waals surface area contributed by atoms with Crippen molar-refractivity contribution in [1.82, 2.24) is 9.88 Å². The molecule has 1 amide bonds. The third-order valence-corrected chi connectivity index (χ3v) is 6.02. The van der Waals surface area contributed by atoms with Crippen LogP contribution in [-0.4, -0.2) is 44.6 Å². The second-order valence-corrected chi connectivity index (χ2v) is 10.3. The number of amides is 1. The number of anilines is 2.